The fraction of sp³-hybridized carbons (Fsp3) is 0.188. The van der Waals surface area contributed by atoms with E-state index in [4.69, 9.17) is 20.8 Å². The molecular weight excluding hydrogens is 290 g/mol. The highest BCUT2D eigenvalue weighted by Crippen LogP contribution is 2.32. The summed E-state index contributed by atoms with van der Waals surface area (Å²) in [6.45, 7) is 0. The molecule has 2 aromatic carbocycles. The van der Waals surface area contributed by atoms with Crippen molar-refractivity contribution in [1.82, 2.24) is 4.57 Å². The highest BCUT2D eigenvalue weighted by atomic mass is 35.5. The normalized spacial score (nSPS) is 12.5. The summed E-state index contributed by atoms with van der Waals surface area (Å²) in [5, 5.41) is -0.338. The van der Waals surface area contributed by atoms with E-state index in [9.17, 15) is 4.79 Å². The van der Waals surface area contributed by atoms with Crippen molar-refractivity contribution in [2.45, 2.75) is 5.38 Å². The van der Waals surface area contributed by atoms with Crippen LogP contribution < -0.4 is 10.5 Å². The molecule has 0 saturated heterocycles. The number of nitrogens with zero attached hydrogens (tertiary/aromatic N) is 1. The first-order valence-electron chi connectivity index (χ1n) is 6.47. The summed E-state index contributed by atoms with van der Waals surface area (Å²) in [6, 6.07) is 13.1. The lowest BCUT2D eigenvalue weighted by atomic mass is 10.0. The summed E-state index contributed by atoms with van der Waals surface area (Å²) in [4.78, 5) is 11.5. The highest BCUT2D eigenvalue weighted by molar-refractivity contribution is 6.22. The molecular formula is C16H14ClNO3. The number of benzene rings is 2. The van der Waals surface area contributed by atoms with Gasteiger partial charge in [0.25, 0.3) is 0 Å². The Morgan fingerprint density at radius 2 is 1.95 bits per heavy atom. The molecule has 0 saturated carbocycles. The number of oxazole rings is 1. The van der Waals surface area contributed by atoms with Gasteiger partial charge in [0.2, 0.25) is 0 Å². The number of aryl methyl sites for hydroxylation is 1. The number of hydrogen-bond acceptors (Lipinski definition) is 3. The van der Waals surface area contributed by atoms with Gasteiger partial charge < -0.3 is 9.15 Å². The third kappa shape index (κ3) is 2.43. The van der Waals surface area contributed by atoms with Crippen LogP contribution in [0.15, 0.2) is 51.7 Å². The fourth-order valence-electron chi connectivity index (χ4n) is 2.30. The van der Waals surface area contributed by atoms with E-state index in [0.717, 1.165) is 22.4 Å². The number of aromatic nitrogens is 1. The molecule has 1 heterocycles. The Labute approximate surface area is 126 Å². The van der Waals surface area contributed by atoms with Gasteiger partial charge >= 0.3 is 5.76 Å². The molecule has 0 radical (unpaired) electrons. The fourth-order valence-corrected chi connectivity index (χ4v) is 2.57. The monoisotopic (exact) mass is 303 g/mol. The molecule has 0 N–H and O–H groups in total. The Bertz CT molecular complexity index is 850. The molecule has 3 aromatic rings. The molecule has 0 bridgehead atoms. The molecule has 108 valence electrons. The van der Waals surface area contributed by atoms with Crippen LogP contribution in [-0.4, -0.2) is 11.7 Å². The maximum atomic E-state index is 11.5. The predicted octanol–water partition coefficient (Wildman–Crippen LogP) is 3.47. The summed E-state index contributed by atoms with van der Waals surface area (Å²) in [5.41, 5.74) is 3.08. The second-order valence-electron chi connectivity index (χ2n) is 4.79. The lowest BCUT2D eigenvalue weighted by Gasteiger charge is -2.11. The minimum atomic E-state index is -0.380. The molecule has 0 aliphatic heterocycles. The van der Waals surface area contributed by atoms with E-state index in [0.29, 0.717) is 5.58 Å². The smallest absolute Gasteiger partial charge is 0.419 e. The van der Waals surface area contributed by atoms with Crippen molar-refractivity contribution in [2.24, 2.45) is 7.05 Å². The zero-order valence-electron chi connectivity index (χ0n) is 11.7. The quantitative estimate of drug-likeness (QED) is 0.696. The van der Waals surface area contributed by atoms with Crippen LogP contribution in [0.5, 0.6) is 5.75 Å². The van der Waals surface area contributed by atoms with Gasteiger partial charge in [0.05, 0.1) is 18.0 Å². The van der Waals surface area contributed by atoms with Crippen molar-refractivity contribution in [1.29, 1.82) is 0 Å². The first-order chi connectivity index (χ1) is 10.1. The van der Waals surface area contributed by atoms with E-state index in [2.05, 4.69) is 0 Å². The lowest BCUT2D eigenvalue weighted by molar-refractivity contribution is 0.414. The largest absolute Gasteiger partial charge is 0.497 e. The van der Waals surface area contributed by atoms with E-state index in [-0.39, 0.29) is 11.1 Å². The van der Waals surface area contributed by atoms with E-state index in [1.165, 1.54) is 4.57 Å². The summed E-state index contributed by atoms with van der Waals surface area (Å²) >= 11 is 6.53. The molecule has 0 aliphatic carbocycles. The minimum absolute atomic E-state index is 0.338. The first-order valence-corrected chi connectivity index (χ1v) is 6.91. The molecule has 1 unspecified atom stereocenters. The Kier molecular flexibility index (Phi) is 3.47. The average Bonchev–Trinajstić information content (AvgIpc) is 2.81. The summed E-state index contributed by atoms with van der Waals surface area (Å²) in [6.07, 6.45) is 0. The molecule has 0 spiro atoms. The van der Waals surface area contributed by atoms with E-state index in [1.807, 2.05) is 36.4 Å². The second kappa shape index (κ2) is 5.30. The average molecular weight is 304 g/mol. The molecule has 0 aliphatic rings. The van der Waals surface area contributed by atoms with Crippen molar-refractivity contribution in [3.05, 3.63) is 64.1 Å². The van der Waals surface area contributed by atoms with Gasteiger partial charge in [-0.2, -0.15) is 0 Å². The molecule has 0 fully saturated rings. The Hall–Kier alpha value is -2.20. The van der Waals surface area contributed by atoms with Crippen LogP contribution in [0.4, 0.5) is 0 Å². The number of ether oxygens (including phenoxy) is 1. The Morgan fingerprint density at radius 3 is 2.71 bits per heavy atom. The minimum Gasteiger partial charge on any atom is -0.497 e. The zero-order valence-corrected chi connectivity index (χ0v) is 12.4. The van der Waals surface area contributed by atoms with Gasteiger partial charge in [-0.25, -0.2) is 4.79 Å². The summed E-state index contributed by atoms with van der Waals surface area (Å²) in [5.74, 6) is 0.375. The van der Waals surface area contributed by atoms with E-state index < -0.39 is 0 Å². The van der Waals surface area contributed by atoms with Crippen LogP contribution in [0.2, 0.25) is 0 Å². The van der Waals surface area contributed by atoms with E-state index >= 15 is 0 Å². The van der Waals surface area contributed by atoms with Gasteiger partial charge in [0.15, 0.2) is 5.58 Å². The van der Waals surface area contributed by atoms with Gasteiger partial charge in [-0.15, -0.1) is 11.6 Å². The van der Waals surface area contributed by atoms with Crippen LogP contribution in [0.1, 0.15) is 16.5 Å². The SMILES string of the molecule is COc1cccc(C(Cl)c2ccc3c(c2)oc(=O)n3C)c1. The Balaban J connectivity index is 2.04. The molecule has 5 heteroatoms. The number of halogens is 1. The van der Waals surface area contributed by atoms with Gasteiger partial charge in [-0.05, 0) is 35.4 Å². The van der Waals surface area contributed by atoms with Crippen LogP contribution in [-0.2, 0) is 7.05 Å². The summed E-state index contributed by atoms with van der Waals surface area (Å²) in [7, 11) is 3.29. The molecule has 4 nitrogen and oxygen atoms in total. The Morgan fingerprint density at radius 1 is 1.19 bits per heavy atom. The van der Waals surface area contributed by atoms with Crippen molar-refractivity contribution >= 4 is 22.7 Å². The van der Waals surface area contributed by atoms with Crippen molar-refractivity contribution < 1.29 is 9.15 Å². The van der Waals surface area contributed by atoms with Gasteiger partial charge in [-0.3, -0.25) is 4.57 Å². The molecule has 0 amide bonds. The van der Waals surface area contributed by atoms with Gasteiger partial charge in [0.1, 0.15) is 5.75 Å². The predicted molar refractivity (Wildman–Crippen MR) is 82.1 cm³/mol. The second-order valence-corrected chi connectivity index (χ2v) is 5.23. The maximum absolute atomic E-state index is 11.5. The standard InChI is InChI=1S/C16H14ClNO3/c1-18-13-7-6-11(9-14(13)21-16(18)19)15(17)10-4-3-5-12(8-10)20-2/h3-9,15H,1-2H3. The van der Waals surface area contributed by atoms with Crippen LogP contribution in [0.3, 0.4) is 0 Å². The number of hydrogen-bond donors (Lipinski definition) is 0. The van der Waals surface area contributed by atoms with Gasteiger partial charge in [0, 0.05) is 7.05 Å². The van der Waals surface area contributed by atoms with Crippen molar-refractivity contribution in [3.63, 3.8) is 0 Å². The van der Waals surface area contributed by atoms with E-state index in [1.54, 1.807) is 20.2 Å². The topological polar surface area (TPSA) is 44.4 Å². The number of alkyl halides is 1. The first kappa shape index (κ1) is 13.8. The zero-order chi connectivity index (χ0) is 15.0. The molecule has 1 aromatic heterocycles. The van der Waals surface area contributed by atoms with Crippen LogP contribution >= 0.6 is 11.6 Å². The molecule has 21 heavy (non-hydrogen) atoms. The van der Waals surface area contributed by atoms with Crippen LogP contribution in [0, 0.1) is 0 Å². The lowest BCUT2D eigenvalue weighted by Crippen LogP contribution is -2.08. The van der Waals surface area contributed by atoms with Gasteiger partial charge in [-0.1, -0.05) is 18.2 Å². The highest BCUT2D eigenvalue weighted by Gasteiger charge is 2.14. The van der Waals surface area contributed by atoms with Crippen molar-refractivity contribution in [2.75, 3.05) is 7.11 Å². The third-order valence-electron chi connectivity index (χ3n) is 3.50. The summed E-state index contributed by atoms with van der Waals surface area (Å²) < 4.78 is 11.9. The molecule has 3 rings (SSSR count). The number of methoxy groups -OCH3 is 1. The number of rotatable bonds is 3. The van der Waals surface area contributed by atoms with Crippen LogP contribution in [0.25, 0.3) is 11.1 Å². The van der Waals surface area contributed by atoms with Crippen molar-refractivity contribution in [3.8, 4) is 5.75 Å². The molecule has 1 atom stereocenters. The number of fused-ring (bicyclic) bond motifs is 1. The maximum Gasteiger partial charge on any atom is 0.419 e. The third-order valence-corrected chi connectivity index (χ3v) is 4.00.